The number of imidazole rings is 1. The molecule has 0 aliphatic carbocycles. The van der Waals surface area contributed by atoms with Crippen molar-refractivity contribution >= 4 is 17.0 Å². The molecular formula is C17H23N5. The third-order valence-electron chi connectivity index (χ3n) is 3.36. The average Bonchev–Trinajstić information content (AvgIpc) is 2.83. The lowest BCUT2D eigenvalue weighted by Crippen LogP contribution is -2.04. The zero-order valence-electron chi connectivity index (χ0n) is 13.9. The van der Waals surface area contributed by atoms with E-state index < -0.39 is 0 Å². The molecule has 1 N–H and O–H groups in total. The second-order valence-electron chi connectivity index (χ2n) is 4.85. The van der Waals surface area contributed by atoms with Gasteiger partial charge in [-0.1, -0.05) is 44.2 Å². The molecule has 2 heterocycles. The van der Waals surface area contributed by atoms with Crippen LogP contribution in [0, 0.1) is 13.8 Å². The molecular weight excluding hydrogens is 274 g/mol. The maximum Gasteiger partial charge on any atom is 0.165 e. The molecule has 0 unspecified atom stereocenters. The first-order valence-electron chi connectivity index (χ1n) is 7.60. The van der Waals surface area contributed by atoms with Crippen LogP contribution in [0.4, 0.5) is 5.82 Å². The minimum absolute atomic E-state index is 0.724. The van der Waals surface area contributed by atoms with Crippen molar-refractivity contribution in [2.75, 3.05) is 5.32 Å². The summed E-state index contributed by atoms with van der Waals surface area (Å²) in [6, 6.07) is 10.2. The fourth-order valence-corrected chi connectivity index (χ4v) is 2.18. The van der Waals surface area contributed by atoms with E-state index in [2.05, 4.69) is 32.4 Å². The molecule has 0 bridgehead atoms. The van der Waals surface area contributed by atoms with Crippen molar-refractivity contribution < 1.29 is 0 Å². The Morgan fingerprint density at radius 2 is 1.68 bits per heavy atom. The number of aryl methyl sites for hydroxylation is 3. The fourth-order valence-electron chi connectivity index (χ4n) is 2.18. The highest BCUT2D eigenvalue weighted by atomic mass is 15.2. The third kappa shape index (κ3) is 3.24. The summed E-state index contributed by atoms with van der Waals surface area (Å²) in [5.74, 6) is 2.47. The predicted molar refractivity (Wildman–Crippen MR) is 90.9 cm³/mol. The smallest absolute Gasteiger partial charge is 0.165 e. The summed E-state index contributed by atoms with van der Waals surface area (Å²) in [7, 11) is 1.97. The van der Waals surface area contributed by atoms with Gasteiger partial charge in [0.05, 0.1) is 0 Å². The molecule has 0 saturated heterocycles. The zero-order chi connectivity index (χ0) is 16.1. The van der Waals surface area contributed by atoms with Crippen LogP contribution in [0.1, 0.15) is 31.1 Å². The van der Waals surface area contributed by atoms with Gasteiger partial charge in [-0.25, -0.2) is 15.0 Å². The van der Waals surface area contributed by atoms with Gasteiger partial charge in [-0.3, -0.25) is 0 Å². The quantitative estimate of drug-likeness (QED) is 0.802. The number of hydrogen-bond donors (Lipinski definition) is 1. The van der Waals surface area contributed by atoms with Crippen molar-refractivity contribution in [3.63, 3.8) is 0 Å². The van der Waals surface area contributed by atoms with Crippen LogP contribution in [0.15, 0.2) is 30.3 Å². The summed E-state index contributed by atoms with van der Waals surface area (Å²) in [4.78, 5) is 13.5. The summed E-state index contributed by atoms with van der Waals surface area (Å²) < 4.78 is 1.98. The highest BCUT2D eigenvalue weighted by Crippen LogP contribution is 2.20. The number of rotatable bonds is 3. The molecule has 3 aromatic rings. The number of fused-ring (bicyclic) bond motifs is 1. The first-order chi connectivity index (χ1) is 10.6. The van der Waals surface area contributed by atoms with Gasteiger partial charge in [0.15, 0.2) is 17.0 Å². The molecule has 22 heavy (non-hydrogen) atoms. The average molecular weight is 297 g/mol. The molecule has 0 atom stereocenters. The van der Waals surface area contributed by atoms with E-state index in [9.17, 15) is 0 Å². The van der Waals surface area contributed by atoms with E-state index in [1.165, 1.54) is 5.56 Å². The molecule has 5 heteroatoms. The van der Waals surface area contributed by atoms with Gasteiger partial charge in [-0.05, 0) is 19.4 Å². The monoisotopic (exact) mass is 297 g/mol. The van der Waals surface area contributed by atoms with Gasteiger partial charge in [-0.2, -0.15) is 0 Å². The summed E-state index contributed by atoms with van der Waals surface area (Å²) in [5, 5.41) is 3.36. The lowest BCUT2D eigenvalue weighted by atomic mass is 10.2. The molecule has 0 fully saturated rings. The zero-order valence-corrected chi connectivity index (χ0v) is 13.9. The lowest BCUT2D eigenvalue weighted by Gasteiger charge is -2.07. The van der Waals surface area contributed by atoms with Crippen LogP contribution in [0.5, 0.6) is 0 Å². The highest BCUT2D eigenvalue weighted by Gasteiger charge is 2.12. The Kier molecular flexibility index (Phi) is 5.09. The molecule has 0 aliphatic heterocycles. The Morgan fingerprint density at radius 1 is 1.00 bits per heavy atom. The first-order valence-corrected chi connectivity index (χ1v) is 7.60. The number of nitrogens with one attached hydrogen (secondary N) is 1. The van der Waals surface area contributed by atoms with E-state index in [0.717, 1.165) is 35.2 Å². The van der Waals surface area contributed by atoms with Crippen molar-refractivity contribution in [3.8, 4) is 0 Å². The Hall–Kier alpha value is -2.43. The Balaban J connectivity index is 0.000000847. The predicted octanol–water partition coefficient (Wildman–Crippen LogP) is 3.62. The van der Waals surface area contributed by atoms with Gasteiger partial charge in [0.25, 0.3) is 0 Å². The van der Waals surface area contributed by atoms with Crippen molar-refractivity contribution in [1.29, 1.82) is 0 Å². The molecule has 5 nitrogen and oxygen atoms in total. The molecule has 0 amide bonds. The van der Waals surface area contributed by atoms with Crippen molar-refractivity contribution in [2.45, 2.75) is 34.2 Å². The molecule has 0 aliphatic rings. The molecule has 2 aromatic heterocycles. The van der Waals surface area contributed by atoms with Gasteiger partial charge in [-0.15, -0.1) is 0 Å². The number of aromatic nitrogens is 4. The van der Waals surface area contributed by atoms with E-state index in [-0.39, 0.29) is 0 Å². The largest absolute Gasteiger partial charge is 0.364 e. The Labute approximate surface area is 131 Å². The van der Waals surface area contributed by atoms with Crippen molar-refractivity contribution in [3.05, 3.63) is 47.5 Å². The van der Waals surface area contributed by atoms with E-state index in [1.807, 2.05) is 57.5 Å². The third-order valence-corrected chi connectivity index (χ3v) is 3.36. The SMILES string of the molecule is CC.Cc1nc(NCc2ccccc2)c2nc(C)n(C)c2n1. The van der Waals surface area contributed by atoms with Gasteiger partial charge in [0.1, 0.15) is 11.6 Å². The molecule has 0 saturated carbocycles. The van der Waals surface area contributed by atoms with Crippen LogP contribution in [0.25, 0.3) is 11.2 Å². The van der Waals surface area contributed by atoms with E-state index in [0.29, 0.717) is 0 Å². The topological polar surface area (TPSA) is 55.6 Å². The fraction of sp³-hybridized carbons (Fsp3) is 0.353. The van der Waals surface area contributed by atoms with Gasteiger partial charge >= 0.3 is 0 Å². The van der Waals surface area contributed by atoms with Crippen LogP contribution in [-0.4, -0.2) is 19.5 Å². The first kappa shape index (κ1) is 15.9. The van der Waals surface area contributed by atoms with Crippen LogP contribution in [0.2, 0.25) is 0 Å². The normalized spacial score (nSPS) is 10.2. The van der Waals surface area contributed by atoms with Gasteiger partial charge < -0.3 is 9.88 Å². The number of anilines is 1. The Bertz CT molecular complexity index is 747. The number of benzene rings is 1. The second kappa shape index (κ2) is 7.02. The van der Waals surface area contributed by atoms with E-state index >= 15 is 0 Å². The van der Waals surface area contributed by atoms with Gasteiger partial charge in [0.2, 0.25) is 0 Å². The minimum Gasteiger partial charge on any atom is -0.364 e. The lowest BCUT2D eigenvalue weighted by molar-refractivity contribution is 0.868. The summed E-state index contributed by atoms with van der Waals surface area (Å²) >= 11 is 0. The Morgan fingerprint density at radius 3 is 2.36 bits per heavy atom. The van der Waals surface area contributed by atoms with Crippen molar-refractivity contribution in [1.82, 2.24) is 19.5 Å². The molecule has 1 aromatic carbocycles. The van der Waals surface area contributed by atoms with Crippen molar-refractivity contribution in [2.24, 2.45) is 7.05 Å². The van der Waals surface area contributed by atoms with Crippen LogP contribution >= 0.6 is 0 Å². The second-order valence-corrected chi connectivity index (χ2v) is 4.85. The van der Waals surface area contributed by atoms with Crippen LogP contribution in [0.3, 0.4) is 0 Å². The molecule has 3 rings (SSSR count). The van der Waals surface area contributed by atoms with Gasteiger partial charge in [0, 0.05) is 13.6 Å². The maximum absolute atomic E-state index is 4.54. The number of nitrogens with zero attached hydrogens (tertiary/aromatic N) is 4. The summed E-state index contributed by atoms with van der Waals surface area (Å²) in [5.41, 5.74) is 2.90. The highest BCUT2D eigenvalue weighted by molar-refractivity contribution is 5.83. The molecule has 116 valence electrons. The van der Waals surface area contributed by atoms with E-state index in [1.54, 1.807) is 0 Å². The summed E-state index contributed by atoms with van der Waals surface area (Å²) in [6.45, 7) is 8.59. The molecule has 0 radical (unpaired) electrons. The standard InChI is InChI=1S/C15H17N5.C2H6/c1-10-17-14(16-9-12-7-5-4-6-8-12)13-15(18-10)20(3)11(2)19-13;1-2/h4-8H,9H2,1-3H3,(H,16,17,18);1-2H3. The van der Waals surface area contributed by atoms with Crippen LogP contribution in [-0.2, 0) is 13.6 Å². The maximum atomic E-state index is 4.54. The summed E-state index contributed by atoms with van der Waals surface area (Å²) in [6.07, 6.45) is 0. The minimum atomic E-state index is 0.724. The van der Waals surface area contributed by atoms with Crippen LogP contribution < -0.4 is 5.32 Å². The van der Waals surface area contributed by atoms with E-state index in [4.69, 9.17) is 0 Å². The molecule has 0 spiro atoms. The number of hydrogen-bond acceptors (Lipinski definition) is 4.